The van der Waals surface area contributed by atoms with Crippen LogP contribution in [0.5, 0.6) is 5.75 Å². The molecule has 1 amide bonds. The van der Waals surface area contributed by atoms with Crippen molar-refractivity contribution < 1.29 is 22.7 Å². The number of aryl methyl sites for hydroxylation is 1. The maximum Gasteiger partial charge on any atom is 0.258 e. The number of hydrogen-bond donors (Lipinski definition) is 1. The lowest BCUT2D eigenvalue weighted by molar-refractivity contribution is 0.102. The molecule has 5 nitrogen and oxygen atoms in total. The third kappa shape index (κ3) is 3.94. The van der Waals surface area contributed by atoms with Gasteiger partial charge in [-0.3, -0.25) is 4.79 Å². The first-order valence-corrected chi connectivity index (χ1v) is 8.04. The van der Waals surface area contributed by atoms with Crippen molar-refractivity contribution in [2.75, 3.05) is 5.32 Å². The van der Waals surface area contributed by atoms with Gasteiger partial charge in [-0.2, -0.15) is 5.10 Å². The average Bonchev–Trinajstić information content (AvgIpc) is 2.89. The van der Waals surface area contributed by atoms with Crippen LogP contribution in [0.3, 0.4) is 0 Å². The summed E-state index contributed by atoms with van der Waals surface area (Å²) in [6, 6.07) is 8.61. The van der Waals surface area contributed by atoms with Gasteiger partial charge in [0.25, 0.3) is 5.91 Å². The first-order chi connectivity index (χ1) is 12.9. The van der Waals surface area contributed by atoms with Crippen LogP contribution in [0.2, 0.25) is 0 Å². The number of ether oxygens (including phenoxy) is 1. The molecule has 8 heteroatoms. The largest absolute Gasteiger partial charge is 0.468 e. The quantitative estimate of drug-likeness (QED) is 0.727. The lowest BCUT2D eigenvalue weighted by Crippen LogP contribution is -2.15. The van der Waals surface area contributed by atoms with E-state index in [2.05, 4.69) is 10.4 Å². The van der Waals surface area contributed by atoms with Crippen molar-refractivity contribution in [3.8, 4) is 5.75 Å². The molecule has 0 unspecified atom stereocenters. The molecule has 0 aliphatic rings. The van der Waals surface area contributed by atoms with Gasteiger partial charge in [0.05, 0.1) is 22.6 Å². The van der Waals surface area contributed by atoms with E-state index in [0.717, 1.165) is 12.1 Å². The van der Waals surface area contributed by atoms with Crippen molar-refractivity contribution in [3.63, 3.8) is 0 Å². The molecule has 0 spiro atoms. The fraction of sp³-hybridized carbons (Fsp3) is 0.158. The van der Waals surface area contributed by atoms with Gasteiger partial charge in [0, 0.05) is 6.07 Å². The fourth-order valence-corrected chi connectivity index (χ4v) is 2.55. The fourth-order valence-electron chi connectivity index (χ4n) is 2.55. The molecular formula is C19H16F3N3O2. The topological polar surface area (TPSA) is 56.1 Å². The van der Waals surface area contributed by atoms with Gasteiger partial charge < -0.3 is 10.1 Å². The Hall–Kier alpha value is -3.29. The maximum absolute atomic E-state index is 13.8. The molecular weight excluding hydrogens is 359 g/mol. The predicted molar refractivity (Wildman–Crippen MR) is 93.0 cm³/mol. The summed E-state index contributed by atoms with van der Waals surface area (Å²) in [7, 11) is 0. The van der Waals surface area contributed by atoms with Crippen LogP contribution < -0.4 is 10.1 Å². The second kappa shape index (κ2) is 7.53. The van der Waals surface area contributed by atoms with Gasteiger partial charge in [-0.25, -0.2) is 17.9 Å². The minimum atomic E-state index is -0.829. The zero-order valence-electron chi connectivity index (χ0n) is 14.6. The van der Waals surface area contributed by atoms with Crippen LogP contribution in [-0.2, 0) is 6.73 Å². The highest BCUT2D eigenvalue weighted by molar-refractivity contribution is 6.05. The molecule has 1 N–H and O–H groups in total. The number of benzene rings is 2. The molecule has 0 saturated heterocycles. The summed E-state index contributed by atoms with van der Waals surface area (Å²) in [5.74, 6) is -2.90. The van der Waals surface area contributed by atoms with Gasteiger partial charge in [-0.15, -0.1) is 0 Å². The monoisotopic (exact) mass is 375 g/mol. The van der Waals surface area contributed by atoms with Crippen molar-refractivity contribution in [2.24, 2.45) is 0 Å². The Morgan fingerprint density at radius 2 is 1.85 bits per heavy atom. The number of halogens is 3. The standard InChI is InChI=1S/C19H16F3N3O2/c1-11-18(23-19(26)14-5-3-4-6-15(14)21)12(2)25(24-11)10-27-17-8-7-13(20)9-16(17)22/h3-9H,10H2,1-2H3,(H,23,26). The lowest BCUT2D eigenvalue weighted by Gasteiger charge is -2.10. The van der Waals surface area contributed by atoms with Crippen molar-refractivity contribution in [3.05, 3.63) is 76.9 Å². The van der Waals surface area contributed by atoms with E-state index in [9.17, 15) is 18.0 Å². The van der Waals surface area contributed by atoms with Crippen LogP contribution in [0.4, 0.5) is 18.9 Å². The Kier molecular flexibility index (Phi) is 5.16. The summed E-state index contributed by atoms with van der Waals surface area (Å²) in [6.45, 7) is 3.20. The predicted octanol–water partition coefficient (Wildman–Crippen LogP) is 4.21. The van der Waals surface area contributed by atoms with E-state index in [4.69, 9.17) is 4.74 Å². The van der Waals surface area contributed by atoms with Crippen LogP contribution >= 0.6 is 0 Å². The summed E-state index contributed by atoms with van der Waals surface area (Å²) < 4.78 is 47.1. The van der Waals surface area contributed by atoms with Crippen molar-refractivity contribution >= 4 is 11.6 Å². The van der Waals surface area contributed by atoms with Crippen LogP contribution in [0.1, 0.15) is 21.7 Å². The Balaban J connectivity index is 1.76. The smallest absolute Gasteiger partial charge is 0.258 e. The second-order valence-electron chi connectivity index (χ2n) is 5.83. The third-order valence-corrected chi connectivity index (χ3v) is 3.97. The van der Waals surface area contributed by atoms with E-state index in [-0.39, 0.29) is 18.0 Å². The number of nitrogens with one attached hydrogen (secondary N) is 1. The summed E-state index contributed by atoms with van der Waals surface area (Å²) in [5.41, 5.74) is 1.35. The van der Waals surface area contributed by atoms with E-state index in [1.165, 1.54) is 28.9 Å². The number of carbonyl (C=O) groups is 1. The molecule has 27 heavy (non-hydrogen) atoms. The second-order valence-corrected chi connectivity index (χ2v) is 5.83. The average molecular weight is 375 g/mol. The minimum Gasteiger partial charge on any atom is -0.468 e. The van der Waals surface area contributed by atoms with E-state index < -0.39 is 23.4 Å². The molecule has 0 bridgehead atoms. The third-order valence-electron chi connectivity index (χ3n) is 3.97. The van der Waals surface area contributed by atoms with Crippen molar-refractivity contribution in [2.45, 2.75) is 20.6 Å². The summed E-state index contributed by atoms with van der Waals surface area (Å²) >= 11 is 0. The van der Waals surface area contributed by atoms with E-state index >= 15 is 0 Å². The Bertz CT molecular complexity index is 1000. The minimum absolute atomic E-state index is 0.0892. The van der Waals surface area contributed by atoms with Crippen molar-refractivity contribution in [1.82, 2.24) is 9.78 Å². The molecule has 0 atom stereocenters. The highest BCUT2D eigenvalue weighted by atomic mass is 19.1. The Morgan fingerprint density at radius 3 is 2.56 bits per heavy atom. The molecule has 140 valence electrons. The molecule has 0 aliphatic heterocycles. The number of rotatable bonds is 5. The van der Waals surface area contributed by atoms with Gasteiger partial charge in [-0.1, -0.05) is 12.1 Å². The van der Waals surface area contributed by atoms with Gasteiger partial charge in [0.2, 0.25) is 0 Å². The highest BCUT2D eigenvalue weighted by Gasteiger charge is 2.17. The van der Waals surface area contributed by atoms with E-state index in [1.54, 1.807) is 19.9 Å². The normalized spacial score (nSPS) is 10.7. The summed E-state index contributed by atoms with van der Waals surface area (Å²) in [6.07, 6.45) is 0. The van der Waals surface area contributed by atoms with Gasteiger partial charge in [0.1, 0.15) is 11.6 Å². The van der Waals surface area contributed by atoms with E-state index in [1.807, 2.05) is 0 Å². The van der Waals surface area contributed by atoms with Gasteiger partial charge in [0.15, 0.2) is 18.3 Å². The molecule has 0 saturated carbocycles. The number of carbonyl (C=O) groups excluding carboxylic acids is 1. The van der Waals surface area contributed by atoms with Crippen LogP contribution in [0.25, 0.3) is 0 Å². The maximum atomic E-state index is 13.8. The van der Waals surface area contributed by atoms with Gasteiger partial charge in [-0.05, 0) is 38.1 Å². The molecule has 1 aromatic heterocycles. The Labute approximate surface area is 153 Å². The zero-order chi connectivity index (χ0) is 19.6. The van der Waals surface area contributed by atoms with E-state index in [0.29, 0.717) is 17.1 Å². The number of anilines is 1. The summed E-state index contributed by atoms with van der Waals surface area (Å²) in [5, 5.41) is 6.86. The number of nitrogens with zero attached hydrogens (tertiary/aromatic N) is 2. The molecule has 2 aromatic carbocycles. The number of hydrogen-bond acceptors (Lipinski definition) is 3. The number of aromatic nitrogens is 2. The summed E-state index contributed by atoms with van der Waals surface area (Å²) in [4.78, 5) is 12.3. The highest BCUT2D eigenvalue weighted by Crippen LogP contribution is 2.23. The first kappa shape index (κ1) is 18.5. The molecule has 1 heterocycles. The Morgan fingerprint density at radius 1 is 1.11 bits per heavy atom. The number of amides is 1. The molecule has 0 fully saturated rings. The van der Waals surface area contributed by atoms with Crippen LogP contribution in [0, 0.1) is 31.3 Å². The zero-order valence-corrected chi connectivity index (χ0v) is 14.6. The first-order valence-electron chi connectivity index (χ1n) is 8.04. The molecule has 3 rings (SSSR count). The van der Waals surface area contributed by atoms with Crippen LogP contribution in [-0.4, -0.2) is 15.7 Å². The SMILES string of the molecule is Cc1nn(COc2ccc(F)cc2F)c(C)c1NC(=O)c1ccccc1F. The molecule has 0 aliphatic carbocycles. The van der Waals surface area contributed by atoms with Crippen molar-refractivity contribution in [1.29, 1.82) is 0 Å². The van der Waals surface area contributed by atoms with Gasteiger partial charge >= 0.3 is 0 Å². The molecule has 0 radical (unpaired) electrons. The molecule has 3 aromatic rings. The lowest BCUT2D eigenvalue weighted by atomic mass is 10.2. The van der Waals surface area contributed by atoms with Crippen LogP contribution in [0.15, 0.2) is 42.5 Å².